The van der Waals surface area contributed by atoms with Crippen molar-refractivity contribution in [1.29, 1.82) is 0 Å². The normalized spacial score (nSPS) is 10.7. The number of nitrogens with zero attached hydrogens (tertiary/aromatic N) is 1. The van der Waals surface area contributed by atoms with Gasteiger partial charge >= 0.3 is 0 Å². The summed E-state index contributed by atoms with van der Waals surface area (Å²) in [6, 6.07) is 8.87. The van der Waals surface area contributed by atoms with E-state index < -0.39 is 5.82 Å². The summed E-state index contributed by atoms with van der Waals surface area (Å²) in [4.78, 5) is 16.0. The Bertz CT molecular complexity index is 801. The minimum absolute atomic E-state index is 0.0465. The number of nitrogens with one attached hydrogen (secondary N) is 1. The molecule has 1 amide bonds. The average Bonchev–Trinajstić information content (AvgIpc) is 2.90. The number of rotatable bonds is 2. The first kappa shape index (κ1) is 12.6. The number of hydrogen-bond donors (Lipinski definition) is 1. The fourth-order valence-corrected chi connectivity index (χ4v) is 1.96. The fourth-order valence-electron chi connectivity index (χ4n) is 1.78. The molecule has 4 nitrogen and oxygen atoms in total. The van der Waals surface area contributed by atoms with E-state index in [0.717, 1.165) is 0 Å². The van der Waals surface area contributed by atoms with Gasteiger partial charge in [-0.3, -0.25) is 4.79 Å². The van der Waals surface area contributed by atoms with E-state index in [1.807, 2.05) is 0 Å². The number of anilines is 1. The van der Waals surface area contributed by atoms with Crippen molar-refractivity contribution in [3.05, 3.63) is 59.2 Å². The fraction of sp³-hybridized carbons (Fsp3) is 0. The van der Waals surface area contributed by atoms with Crippen molar-refractivity contribution < 1.29 is 13.6 Å². The Morgan fingerprint density at radius 3 is 2.90 bits per heavy atom. The van der Waals surface area contributed by atoms with Crippen molar-refractivity contribution in [2.75, 3.05) is 5.32 Å². The van der Waals surface area contributed by atoms with Crippen molar-refractivity contribution in [1.82, 2.24) is 4.98 Å². The third-order valence-electron chi connectivity index (χ3n) is 2.77. The van der Waals surface area contributed by atoms with Crippen LogP contribution < -0.4 is 5.32 Å². The van der Waals surface area contributed by atoms with Crippen LogP contribution in [0.5, 0.6) is 0 Å². The van der Waals surface area contributed by atoms with Gasteiger partial charge in [0.05, 0.1) is 5.02 Å². The lowest BCUT2D eigenvalue weighted by Crippen LogP contribution is -2.11. The Hall–Kier alpha value is -2.40. The quantitative estimate of drug-likeness (QED) is 0.779. The highest BCUT2D eigenvalue weighted by molar-refractivity contribution is 6.31. The van der Waals surface area contributed by atoms with Gasteiger partial charge in [-0.15, -0.1) is 0 Å². The monoisotopic (exact) mass is 290 g/mol. The summed E-state index contributed by atoms with van der Waals surface area (Å²) in [5, 5.41) is 2.59. The zero-order valence-corrected chi connectivity index (χ0v) is 10.8. The molecule has 6 heteroatoms. The van der Waals surface area contributed by atoms with Gasteiger partial charge in [-0.1, -0.05) is 11.6 Å². The van der Waals surface area contributed by atoms with Gasteiger partial charge in [0.1, 0.15) is 11.3 Å². The number of carbonyl (C=O) groups excluding carboxylic acids is 1. The number of hydrogen-bond acceptors (Lipinski definition) is 3. The largest absolute Gasteiger partial charge is 0.443 e. The molecule has 0 radical (unpaired) electrons. The molecule has 0 aliphatic carbocycles. The molecule has 2 aromatic carbocycles. The van der Waals surface area contributed by atoms with Crippen LogP contribution in [0.25, 0.3) is 11.1 Å². The van der Waals surface area contributed by atoms with Crippen molar-refractivity contribution in [2.45, 2.75) is 0 Å². The highest BCUT2D eigenvalue weighted by atomic mass is 35.5. The first-order valence-corrected chi connectivity index (χ1v) is 6.11. The molecular weight excluding hydrogens is 283 g/mol. The van der Waals surface area contributed by atoms with Crippen LogP contribution in [0.2, 0.25) is 5.02 Å². The molecule has 0 spiro atoms. The zero-order chi connectivity index (χ0) is 14.1. The second-order valence-corrected chi connectivity index (χ2v) is 4.53. The van der Waals surface area contributed by atoms with Crippen LogP contribution in [-0.4, -0.2) is 10.9 Å². The summed E-state index contributed by atoms with van der Waals surface area (Å²) >= 11 is 5.66. The lowest BCUT2D eigenvalue weighted by Gasteiger charge is -2.06. The molecular formula is C14H8ClFN2O2. The maximum absolute atomic E-state index is 13.0. The number of benzene rings is 2. The molecule has 0 atom stereocenters. The molecule has 0 aliphatic heterocycles. The molecule has 0 bridgehead atoms. The van der Waals surface area contributed by atoms with Crippen LogP contribution in [0.1, 0.15) is 10.4 Å². The molecule has 20 heavy (non-hydrogen) atoms. The molecule has 100 valence electrons. The molecule has 0 unspecified atom stereocenters. The number of carbonyl (C=O) groups is 1. The second-order valence-electron chi connectivity index (χ2n) is 4.12. The Balaban J connectivity index is 1.86. The number of aromatic nitrogens is 1. The van der Waals surface area contributed by atoms with Crippen LogP contribution in [0.3, 0.4) is 0 Å². The first-order valence-electron chi connectivity index (χ1n) is 5.73. The van der Waals surface area contributed by atoms with E-state index >= 15 is 0 Å². The molecule has 0 saturated carbocycles. The second kappa shape index (κ2) is 4.94. The van der Waals surface area contributed by atoms with Crippen LogP contribution in [0.4, 0.5) is 10.1 Å². The van der Waals surface area contributed by atoms with Crippen molar-refractivity contribution in [3.63, 3.8) is 0 Å². The van der Waals surface area contributed by atoms with Gasteiger partial charge in [-0.2, -0.15) is 0 Å². The summed E-state index contributed by atoms with van der Waals surface area (Å²) in [5.41, 5.74) is 2.04. The van der Waals surface area contributed by atoms with Gasteiger partial charge in [0.15, 0.2) is 12.0 Å². The Morgan fingerprint density at radius 1 is 1.25 bits per heavy atom. The van der Waals surface area contributed by atoms with Crippen LogP contribution in [0.15, 0.2) is 47.2 Å². The Kier molecular flexibility index (Phi) is 3.12. The molecule has 1 aromatic heterocycles. The van der Waals surface area contributed by atoms with Gasteiger partial charge in [-0.25, -0.2) is 9.37 Å². The highest BCUT2D eigenvalue weighted by Gasteiger charge is 2.09. The summed E-state index contributed by atoms with van der Waals surface area (Å²) in [5.74, 6) is -0.869. The van der Waals surface area contributed by atoms with Crippen molar-refractivity contribution in [3.8, 4) is 0 Å². The number of amides is 1. The van der Waals surface area contributed by atoms with Gasteiger partial charge in [-0.05, 0) is 36.4 Å². The maximum atomic E-state index is 13.0. The SMILES string of the molecule is O=C(Nc1ccc(F)c(Cl)c1)c1ccc2ocnc2c1. The molecule has 3 rings (SSSR count). The lowest BCUT2D eigenvalue weighted by atomic mass is 10.2. The molecule has 1 N–H and O–H groups in total. The smallest absolute Gasteiger partial charge is 0.255 e. The lowest BCUT2D eigenvalue weighted by molar-refractivity contribution is 0.102. The summed E-state index contributed by atoms with van der Waals surface area (Å²) < 4.78 is 18.1. The summed E-state index contributed by atoms with van der Waals surface area (Å²) in [6.07, 6.45) is 1.31. The predicted molar refractivity (Wildman–Crippen MR) is 73.4 cm³/mol. The Labute approximate surface area is 118 Å². The summed E-state index contributed by atoms with van der Waals surface area (Å²) in [6.45, 7) is 0. The molecule has 0 aliphatic rings. The third kappa shape index (κ3) is 2.35. The van der Waals surface area contributed by atoms with Crippen LogP contribution in [-0.2, 0) is 0 Å². The molecule has 0 fully saturated rings. The standard InChI is InChI=1S/C14H8ClFN2O2/c15-10-6-9(2-3-11(10)16)18-14(19)8-1-4-13-12(5-8)17-7-20-13/h1-7H,(H,18,19). The van der Waals surface area contributed by atoms with Gasteiger partial charge < -0.3 is 9.73 Å². The maximum Gasteiger partial charge on any atom is 0.255 e. The van der Waals surface area contributed by atoms with Crippen molar-refractivity contribution >= 4 is 34.3 Å². The minimum Gasteiger partial charge on any atom is -0.443 e. The number of oxazole rings is 1. The van der Waals surface area contributed by atoms with Gasteiger partial charge in [0.25, 0.3) is 5.91 Å². The van der Waals surface area contributed by atoms with Gasteiger partial charge in [0.2, 0.25) is 0 Å². The van der Waals surface area contributed by atoms with Crippen LogP contribution >= 0.6 is 11.6 Å². The zero-order valence-electron chi connectivity index (χ0n) is 10.1. The summed E-state index contributed by atoms with van der Waals surface area (Å²) in [7, 11) is 0. The van der Waals surface area contributed by atoms with E-state index in [1.165, 1.54) is 24.6 Å². The third-order valence-corrected chi connectivity index (χ3v) is 3.06. The van der Waals surface area contributed by atoms with E-state index in [4.69, 9.17) is 16.0 Å². The minimum atomic E-state index is -0.534. The molecule has 1 heterocycles. The van der Waals surface area contributed by atoms with E-state index in [9.17, 15) is 9.18 Å². The van der Waals surface area contributed by atoms with Crippen molar-refractivity contribution in [2.24, 2.45) is 0 Å². The van der Waals surface area contributed by atoms with Crippen LogP contribution in [0, 0.1) is 5.82 Å². The topological polar surface area (TPSA) is 55.1 Å². The number of fused-ring (bicyclic) bond motifs is 1. The Morgan fingerprint density at radius 2 is 2.10 bits per heavy atom. The molecule has 0 saturated heterocycles. The first-order chi connectivity index (χ1) is 9.63. The predicted octanol–water partition coefficient (Wildman–Crippen LogP) is 3.87. The van der Waals surface area contributed by atoms with E-state index in [1.54, 1.807) is 18.2 Å². The van der Waals surface area contributed by atoms with E-state index in [0.29, 0.717) is 22.4 Å². The van der Waals surface area contributed by atoms with Gasteiger partial charge in [0, 0.05) is 11.3 Å². The highest BCUT2D eigenvalue weighted by Crippen LogP contribution is 2.20. The number of halogens is 2. The average molecular weight is 291 g/mol. The van der Waals surface area contributed by atoms with E-state index in [-0.39, 0.29) is 10.9 Å². The van der Waals surface area contributed by atoms with E-state index in [2.05, 4.69) is 10.3 Å². The molecule has 3 aromatic rings.